The largest absolute Gasteiger partial charge is 0.417 e. The van der Waals surface area contributed by atoms with Gasteiger partial charge in [0.05, 0.1) is 10.6 Å². The Morgan fingerprint density at radius 2 is 2.16 bits per heavy atom. The standard InChI is InChI=1S/C13H16ClF3N2/c1-9-7-18-5-6-19(9)8-10-3-2-4-11(12(10)14)13(15,16)17/h2-4,9,18H,5-8H2,1H3/t9-/m0/s1. The van der Waals surface area contributed by atoms with Crippen molar-refractivity contribution in [1.82, 2.24) is 10.2 Å². The lowest BCUT2D eigenvalue weighted by atomic mass is 10.1. The van der Waals surface area contributed by atoms with E-state index < -0.39 is 11.7 Å². The van der Waals surface area contributed by atoms with Gasteiger partial charge in [0.15, 0.2) is 0 Å². The molecule has 1 aliphatic rings. The average molecular weight is 293 g/mol. The van der Waals surface area contributed by atoms with Crippen molar-refractivity contribution in [1.29, 1.82) is 0 Å². The Kier molecular flexibility index (Phi) is 4.38. The molecule has 0 spiro atoms. The van der Waals surface area contributed by atoms with Crippen molar-refractivity contribution in [3.05, 3.63) is 34.3 Å². The molecule has 1 heterocycles. The van der Waals surface area contributed by atoms with E-state index in [-0.39, 0.29) is 5.02 Å². The Bertz CT molecular complexity index is 448. The van der Waals surface area contributed by atoms with E-state index in [2.05, 4.69) is 10.2 Å². The van der Waals surface area contributed by atoms with Gasteiger partial charge in [-0.2, -0.15) is 13.2 Å². The molecule has 1 N–H and O–H groups in total. The SMILES string of the molecule is C[C@H]1CNCCN1Cc1cccc(C(F)(F)F)c1Cl. The number of halogens is 4. The van der Waals surface area contributed by atoms with Gasteiger partial charge in [0.25, 0.3) is 0 Å². The second-order valence-electron chi connectivity index (χ2n) is 4.80. The molecule has 0 saturated carbocycles. The molecule has 1 atom stereocenters. The summed E-state index contributed by atoms with van der Waals surface area (Å²) in [5.74, 6) is 0. The van der Waals surface area contributed by atoms with Crippen LogP contribution in [0.4, 0.5) is 13.2 Å². The summed E-state index contributed by atoms with van der Waals surface area (Å²) in [6, 6.07) is 4.38. The van der Waals surface area contributed by atoms with Crippen LogP contribution >= 0.6 is 11.6 Å². The van der Waals surface area contributed by atoms with Crippen LogP contribution in [-0.4, -0.2) is 30.6 Å². The summed E-state index contributed by atoms with van der Waals surface area (Å²) in [5, 5.41) is 3.07. The van der Waals surface area contributed by atoms with E-state index in [9.17, 15) is 13.2 Å². The van der Waals surface area contributed by atoms with Crippen LogP contribution in [0.2, 0.25) is 5.02 Å². The lowest BCUT2D eigenvalue weighted by molar-refractivity contribution is -0.137. The summed E-state index contributed by atoms with van der Waals surface area (Å²) in [6.45, 7) is 5.00. The molecule has 1 saturated heterocycles. The summed E-state index contributed by atoms with van der Waals surface area (Å²) in [5.41, 5.74) is -0.223. The highest BCUT2D eigenvalue weighted by Gasteiger charge is 2.34. The van der Waals surface area contributed by atoms with Crippen molar-refractivity contribution in [2.45, 2.75) is 25.7 Å². The molecule has 0 unspecified atom stereocenters. The number of hydrogen-bond acceptors (Lipinski definition) is 2. The van der Waals surface area contributed by atoms with E-state index in [1.807, 2.05) is 6.92 Å². The summed E-state index contributed by atoms with van der Waals surface area (Å²) in [4.78, 5) is 2.14. The predicted molar refractivity (Wildman–Crippen MR) is 69.2 cm³/mol. The van der Waals surface area contributed by atoms with Crippen LogP contribution in [0.3, 0.4) is 0 Å². The van der Waals surface area contributed by atoms with Crippen molar-refractivity contribution in [2.75, 3.05) is 19.6 Å². The highest BCUT2D eigenvalue weighted by molar-refractivity contribution is 6.32. The number of nitrogens with one attached hydrogen (secondary N) is 1. The van der Waals surface area contributed by atoms with E-state index >= 15 is 0 Å². The lowest BCUT2D eigenvalue weighted by Crippen LogP contribution is -2.49. The zero-order chi connectivity index (χ0) is 14.0. The zero-order valence-corrected chi connectivity index (χ0v) is 11.4. The van der Waals surface area contributed by atoms with Gasteiger partial charge in [0.1, 0.15) is 0 Å². The minimum atomic E-state index is -4.40. The summed E-state index contributed by atoms with van der Waals surface area (Å²) in [7, 11) is 0. The van der Waals surface area contributed by atoms with Gasteiger partial charge < -0.3 is 5.32 Å². The zero-order valence-electron chi connectivity index (χ0n) is 10.6. The fourth-order valence-electron chi connectivity index (χ4n) is 2.26. The molecule has 2 rings (SSSR count). The van der Waals surface area contributed by atoms with Gasteiger partial charge in [-0.1, -0.05) is 23.7 Å². The molecule has 0 aliphatic carbocycles. The molecule has 1 aromatic rings. The Labute approximate surface area is 115 Å². The number of rotatable bonds is 2. The fourth-order valence-corrected chi connectivity index (χ4v) is 2.55. The summed E-state index contributed by atoms with van der Waals surface area (Å²) >= 11 is 5.90. The van der Waals surface area contributed by atoms with Crippen LogP contribution in [0.5, 0.6) is 0 Å². The van der Waals surface area contributed by atoms with E-state index in [1.54, 1.807) is 6.07 Å². The molecular weight excluding hydrogens is 277 g/mol. The van der Waals surface area contributed by atoms with Crippen LogP contribution in [0.15, 0.2) is 18.2 Å². The van der Waals surface area contributed by atoms with Crippen LogP contribution in [-0.2, 0) is 12.7 Å². The highest BCUT2D eigenvalue weighted by atomic mass is 35.5. The van der Waals surface area contributed by atoms with Crippen molar-refractivity contribution < 1.29 is 13.2 Å². The first-order valence-electron chi connectivity index (χ1n) is 6.19. The molecule has 0 amide bonds. The third kappa shape index (κ3) is 3.41. The first kappa shape index (κ1) is 14.6. The van der Waals surface area contributed by atoms with Crippen LogP contribution in [0.1, 0.15) is 18.1 Å². The van der Waals surface area contributed by atoms with E-state index in [0.717, 1.165) is 25.7 Å². The average Bonchev–Trinajstić information content (AvgIpc) is 2.33. The molecule has 0 radical (unpaired) electrons. The maximum Gasteiger partial charge on any atom is 0.417 e. The third-order valence-corrected chi connectivity index (χ3v) is 3.84. The lowest BCUT2D eigenvalue weighted by Gasteiger charge is -2.34. The molecule has 6 heteroatoms. The quantitative estimate of drug-likeness (QED) is 0.901. The Morgan fingerprint density at radius 3 is 2.79 bits per heavy atom. The minimum Gasteiger partial charge on any atom is -0.314 e. The molecule has 19 heavy (non-hydrogen) atoms. The molecule has 1 aromatic carbocycles. The normalized spacial score (nSPS) is 21.6. The Morgan fingerprint density at radius 1 is 1.42 bits per heavy atom. The van der Waals surface area contributed by atoms with Gasteiger partial charge >= 0.3 is 6.18 Å². The van der Waals surface area contributed by atoms with Crippen LogP contribution in [0, 0.1) is 0 Å². The molecule has 1 fully saturated rings. The molecule has 0 bridgehead atoms. The van der Waals surface area contributed by atoms with Crippen LogP contribution < -0.4 is 5.32 Å². The fraction of sp³-hybridized carbons (Fsp3) is 0.538. The first-order chi connectivity index (χ1) is 8.89. The van der Waals surface area contributed by atoms with Crippen molar-refractivity contribution in [3.8, 4) is 0 Å². The van der Waals surface area contributed by atoms with Crippen molar-refractivity contribution in [2.24, 2.45) is 0 Å². The topological polar surface area (TPSA) is 15.3 Å². The summed E-state index contributed by atoms with van der Waals surface area (Å²) in [6.07, 6.45) is -4.40. The van der Waals surface area contributed by atoms with Crippen molar-refractivity contribution >= 4 is 11.6 Å². The van der Waals surface area contributed by atoms with Crippen molar-refractivity contribution in [3.63, 3.8) is 0 Å². The van der Waals surface area contributed by atoms with E-state index in [1.165, 1.54) is 6.07 Å². The number of alkyl halides is 3. The van der Waals surface area contributed by atoms with Gasteiger partial charge in [-0.3, -0.25) is 4.90 Å². The second-order valence-corrected chi connectivity index (χ2v) is 5.18. The predicted octanol–water partition coefficient (Wildman–Crippen LogP) is 3.15. The molecule has 2 nitrogen and oxygen atoms in total. The number of benzene rings is 1. The number of hydrogen-bond donors (Lipinski definition) is 1. The molecule has 1 aliphatic heterocycles. The smallest absolute Gasteiger partial charge is 0.314 e. The van der Waals surface area contributed by atoms with Gasteiger partial charge in [-0.25, -0.2) is 0 Å². The number of piperazine rings is 1. The van der Waals surface area contributed by atoms with E-state index in [4.69, 9.17) is 11.6 Å². The monoisotopic (exact) mass is 292 g/mol. The molecular formula is C13H16ClF3N2. The van der Waals surface area contributed by atoms with Gasteiger partial charge in [-0.05, 0) is 18.6 Å². The van der Waals surface area contributed by atoms with E-state index in [0.29, 0.717) is 18.2 Å². The second kappa shape index (κ2) is 5.69. The maximum absolute atomic E-state index is 12.8. The van der Waals surface area contributed by atoms with Crippen LogP contribution in [0.25, 0.3) is 0 Å². The summed E-state index contributed by atoms with van der Waals surface area (Å²) < 4.78 is 38.3. The first-order valence-corrected chi connectivity index (χ1v) is 6.56. The molecule has 106 valence electrons. The highest BCUT2D eigenvalue weighted by Crippen LogP contribution is 2.36. The van der Waals surface area contributed by atoms with Gasteiger partial charge in [0.2, 0.25) is 0 Å². The Hall–Kier alpha value is -0.780. The third-order valence-electron chi connectivity index (χ3n) is 3.40. The Balaban J connectivity index is 2.21. The van der Waals surface area contributed by atoms with Gasteiger partial charge in [0, 0.05) is 32.2 Å². The number of nitrogens with zero attached hydrogens (tertiary/aromatic N) is 1. The minimum absolute atomic E-state index is 0.180. The van der Waals surface area contributed by atoms with Gasteiger partial charge in [-0.15, -0.1) is 0 Å². The molecule has 0 aromatic heterocycles. The maximum atomic E-state index is 12.8.